The van der Waals surface area contributed by atoms with Crippen molar-refractivity contribution in [2.45, 2.75) is 64.5 Å². The molecular weight excluding hydrogens is 352 g/mol. The van der Waals surface area contributed by atoms with Crippen molar-refractivity contribution in [3.8, 4) is 5.75 Å². The second-order valence-corrected chi connectivity index (χ2v) is 9.27. The minimum absolute atomic E-state index is 0.0460. The first-order valence-corrected chi connectivity index (χ1v) is 10.5. The summed E-state index contributed by atoms with van der Waals surface area (Å²) < 4.78 is 11.0. The van der Waals surface area contributed by atoms with Gasteiger partial charge in [0.25, 0.3) is 5.91 Å². The van der Waals surface area contributed by atoms with Gasteiger partial charge >= 0.3 is 0 Å². The molecule has 0 saturated heterocycles. The maximum Gasteiger partial charge on any atom is 0.251 e. The third-order valence-electron chi connectivity index (χ3n) is 7.10. The molecule has 4 fully saturated rings. The van der Waals surface area contributed by atoms with Crippen molar-refractivity contribution in [3.05, 3.63) is 46.8 Å². The molecule has 0 spiro atoms. The van der Waals surface area contributed by atoms with Gasteiger partial charge < -0.3 is 14.6 Å². The predicted octanol–water partition coefficient (Wildman–Crippen LogP) is 4.57. The molecule has 1 N–H and O–H groups in total. The number of carbonyl (C=O) groups is 1. The summed E-state index contributed by atoms with van der Waals surface area (Å²) in [6, 6.07) is 7.45. The molecule has 148 valence electrons. The molecule has 0 aliphatic heterocycles. The molecular formula is C23H28N2O3. The van der Waals surface area contributed by atoms with Crippen molar-refractivity contribution in [1.29, 1.82) is 0 Å². The molecule has 6 rings (SSSR count). The maximum atomic E-state index is 12.9. The predicted molar refractivity (Wildman–Crippen MR) is 105 cm³/mol. The number of aromatic nitrogens is 1. The van der Waals surface area contributed by atoms with Crippen LogP contribution in [0.2, 0.25) is 0 Å². The zero-order valence-corrected chi connectivity index (χ0v) is 16.7. The van der Waals surface area contributed by atoms with Crippen LogP contribution in [-0.2, 0) is 6.61 Å². The molecule has 0 atom stereocenters. The van der Waals surface area contributed by atoms with Crippen LogP contribution >= 0.6 is 0 Å². The molecule has 1 heterocycles. The van der Waals surface area contributed by atoms with E-state index in [0.29, 0.717) is 12.2 Å². The Morgan fingerprint density at radius 3 is 2.25 bits per heavy atom. The number of hydrogen-bond donors (Lipinski definition) is 1. The summed E-state index contributed by atoms with van der Waals surface area (Å²) in [6.07, 6.45) is 7.65. The maximum absolute atomic E-state index is 12.9. The van der Waals surface area contributed by atoms with Crippen LogP contribution in [-0.4, -0.2) is 16.6 Å². The Morgan fingerprint density at radius 1 is 1.11 bits per heavy atom. The first-order chi connectivity index (χ1) is 13.5. The zero-order chi connectivity index (χ0) is 19.3. The monoisotopic (exact) mass is 380 g/mol. The van der Waals surface area contributed by atoms with Gasteiger partial charge in [-0.15, -0.1) is 0 Å². The van der Waals surface area contributed by atoms with Crippen molar-refractivity contribution in [2.24, 2.45) is 17.8 Å². The molecule has 0 unspecified atom stereocenters. The Labute approximate surface area is 165 Å². The lowest BCUT2D eigenvalue weighted by atomic mass is 9.53. The van der Waals surface area contributed by atoms with Crippen LogP contribution in [0.3, 0.4) is 0 Å². The van der Waals surface area contributed by atoms with Gasteiger partial charge in [-0.25, -0.2) is 0 Å². The molecule has 5 heteroatoms. The Balaban J connectivity index is 1.23. The molecule has 4 aliphatic rings. The number of hydrogen-bond acceptors (Lipinski definition) is 4. The van der Waals surface area contributed by atoms with E-state index in [1.807, 2.05) is 38.1 Å². The molecule has 4 saturated carbocycles. The molecule has 2 aromatic rings. The van der Waals surface area contributed by atoms with E-state index < -0.39 is 0 Å². The van der Waals surface area contributed by atoms with Crippen LogP contribution in [0, 0.1) is 31.6 Å². The number of aryl methyl sites for hydroxylation is 2. The van der Waals surface area contributed by atoms with Gasteiger partial charge in [-0.2, -0.15) is 0 Å². The fourth-order valence-corrected chi connectivity index (χ4v) is 6.14. The molecule has 1 aromatic heterocycles. The Morgan fingerprint density at radius 2 is 1.71 bits per heavy atom. The van der Waals surface area contributed by atoms with Crippen molar-refractivity contribution in [2.75, 3.05) is 0 Å². The average Bonchev–Trinajstić information content (AvgIpc) is 2.97. The molecule has 1 amide bonds. The van der Waals surface area contributed by atoms with E-state index in [2.05, 4.69) is 10.5 Å². The Bertz CT molecular complexity index is 829. The largest absolute Gasteiger partial charge is 0.489 e. The summed E-state index contributed by atoms with van der Waals surface area (Å²) in [4.78, 5) is 12.9. The Hall–Kier alpha value is -2.30. The number of nitrogens with zero attached hydrogens (tertiary/aromatic N) is 1. The number of nitrogens with one attached hydrogen (secondary N) is 1. The van der Waals surface area contributed by atoms with Crippen LogP contribution in [0.5, 0.6) is 5.75 Å². The normalized spacial score (nSPS) is 30.4. The minimum Gasteiger partial charge on any atom is -0.489 e. The molecule has 4 bridgehead atoms. The standard InChI is InChI=1S/C23H28N2O3/c1-14-21(15(2)28-25-14)13-27-20-5-3-19(4-6-20)22(26)24-23-10-16-7-17(11-23)9-18(8-16)12-23/h3-6,16-18H,7-13H2,1-2H3,(H,24,26). The highest BCUT2D eigenvalue weighted by Gasteiger charge is 2.51. The second kappa shape index (κ2) is 6.64. The molecule has 0 radical (unpaired) electrons. The number of ether oxygens (including phenoxy) is 1. The number of carbonyl (C=O) groups excluding carboxylic acids is 1. The minimum atomic E-state index is 0.0460. The first-order valence-electron chi connectivity index (χ1n) is 10.5. The fourth-order valence-electron chi connectivity index (χ4n) is 6.14. The highest BCUT2D eigenvalue weighted by molar-refractivity contribution is 5.94. The van der Waals surface area contributed by atoms with E-state index in [4.69, 9.17) is 9.26 Å². The van der Waals surface area contributed by atoms with Gasteiger partial charge in [0.2, 0.25) is 0 Å². The van der Waals surface area contributed by atoms with E-state index in [-0.39, 0.29) is 11.4 Å². The SMILES string of the molecule is Cc1noc(C)c1COc1ccc(C(=O)NC23CC4CC(CC(C4)C2)C3)cc1. The van der Waals surface area contributed by atoms with Crippen LogP contribution < -0.4 is 10.1 Å². The van der Waals surface area contributed by atoms with E-state index in [9.17, 15) is 4.79 Å². The van der Waals surface area contributed by atoms with Gasteiger partial charge in [-0.05, 0) is 94.4 Å². The average molecular weight is 380 g/mol. The second-order valence-electron chi connectivity index (χ2n) is 9.27. The van der Waals surface area contributed by atoms with E-state index in [0.717, 1.165) is 40.5 Å². The van der Waals surface area contributed by atoms with E-state index in [1.54, 1.807) is 0 Å². The number of amides is 1. The van der Waals surface area contributed by atoms with Gasteiger partial charge in [0.15, 0.2) is 0 Å². The summed E-state index contributed by atoms with van der Waals surface area (Å²) in [5, 5.41) is 7.38. The van der Waals surface area contributed by atoms with Gasteiger partial charge in [-0.3, -0.25) is 4.79 Å². The van der Waals surface area contributed by atoms with E-state index in [1.165, 1.54) is 38.5 Å². The third-order valence-corrected chi connectivity index (χ3v) is 7.10. The first kappa shape index (κ1) is 17.8. The van der Waals surface area contributed by atoms with Crippen molar-refractivity contribution in [3.63, 3.8) is 0 Å². The number of benzene rings is 1. The summed E-state index contributed by atoms with van der Waals surface area (Å²) in [6.45, 7) is 4.21. The van der Waals surface area contributed by atoms with Crippen LogP contribution in [0.25, 0.3) is 0 Å². The zero-order valence-electron chi connectivity index (χ0n) is 16.7. The van der Waals surface area contributed by atoms with Crippen molar-refractivity contribution in [1.82, 2.24) is 10.5 Å². The third kappa shape index (κ3) is 3.21. The molecule has 28 heavy (non-hydrogen) atoms. The summed E-state index contributed by atoms with van der Waals surface area (Å²) in [5.74, 6) is 4.06. The smallest absolute Gasteiger partial charge is 0.251 e. The molecule has 5 nitrogen and oxygen atoms in total. The van der Waals surface area contributed by atoms with Crippen molar-refractivity contribution < 1.29 is 14.1 Å². The number of rotatable bonds is 5. The fraction of sp³-hybridized carbons (Fsp3) is 0.565. The Kier molecular flexibility index (Phi) is 4.22. The summed E-state index contributed by atoms with van der Waals surface area (Å²) in [5.41, 5.74) is 2.58. The lowest BCUT2D eigenvalue weighted by molar-refractivity contribution is -0.0167. The quantitative estimate of drug-likeness (QED) is 0.825. The van der Waals surface area contributed by atoms with Gasteiger partial charge in [0, 0.05) is 11.1 Å². The van der Waals surface area contributed by atoms with Crippen LogP contribution in [0.15, 0.2) is 28.8 Å². The topological polar surface area (TPSA) is 64.4 Å². The highest BCUT2D eigenvalue weighted by Crippen LogP contribution is 2.55. The van der Waals surface area contributed by atoms with Crippen LogP contribution in [0.4, 0.5) is 0 Å². The lowest BCUT2D eigenvalue weighted by Crippen LogP contribution is -2.59. The molecule has 1 aromatic carbocycles. The van der Waals surface area contributed by atoms with Gasteiger partial charge in [0.1, 0.15) is 18.1 Å². The van der Waals surface area contributed by atoms with Gasteiger partial charge in [0.05, 0.1) is 11.3 Å². The summed E-state index contributed by atoms with van der Waals surface area (Å²) >= 11 is 0. The lowest BCUT2D eigenvalue weighted by Gasteiger charge is -2.56. The van der Waals surface area contributed by atoms with Crippen molar-refractivity contribution >= 4 is 5.91 Å². The van der Waals surface area contributed by atoms with Crippen LogP contribution in [0.1, 0.15) is 65.9 Å². The van der Waals surface area contributed by atoms with Gasteiger partial charge in [-0.1, -0.05) is 5.16 Å². The highest BCUT2D eigenvalue weighted by atomic mass is 16.5. The molecule has 4 aliphatic carbocycles. The van der Waals surface area contributed by atoms with E-state index >= 15 is 0 Å². The summed E-state index contributed by atoms with van der Waals surface area (Å²) in [7, 11) is 0.